The summed E-state index contributed by atoms with van der Waals surface area (Å²) in [5, 5.41) is 2.95. The van der Waals surface area contributed by atoms with Gasteiger partial charge in [-0.05, 0) is 61.2 Å². The second-order valence-electron chi connectivity index (χ2n) is 5.93. The van der Waals surface area contributed by atoms with Crippen LogP contribution in [0.1, 0.15) is 24.8 Å². The van der Waals surface area contributed by atoms with E-state index in [0.717, 1.165) is 30.1 Å². The zero-order chi connectivity index (χ0) is 18.6. The summed E-state index contributed by atoms with van der Waals surface area (Å²) < 4.78 is 15.9. The number of aryl methyl sites for hydroxylation is 1. The molecule has 0 radical (unpaired) electrons. The summed E-state index contributed by atoms with van der Waals surface area (Å²) in [6, 6.07) is 15.4. The van der Waals surface area contributed by atoms with Crippen molar-refractivity contribution >= 4 is 5.91 Å². The molecule has 0 fully saturated rings. The number of ether oxygens (including phenoxy) is 3. The predicted octanol–water partition coefficient (Wildman–Crippen LogP) is 3.61. The van der Waals surface area contributed by atoms with E-state index >= 15 is 0 Å². The van der Waals surface area contributed by atoms with Crippen LogP contribution in [-0.4, -0.2) is 33.3 Å². The number of amides is 1. The Morgan fingerprint density at radius 2 is 1.65 bits per heavy atom. The van der Waals surface area contributed by atoms with E-state index in [9.17, 15) is 4.79 Å². The molecule has 0 aliphatic rings. The molecule has 0 saturated heterocycles. The zero-order valence-corrected chi connectivity index (χ0v) is 15.5. The van der Waals surface area contributed by atoms with E-state index < -0.39 is 0 Å². The average molecular weight is 357 g/mol. The fraction of sp³-hybridized carbons (Fsp3) is 0.381. The van der Waals surface area contributed by atoms with Gasteiger partial charge in [0.2, 0.25) is 5.91 Å². The molecule has 0 aliphatic heterocycles. The van der Waals surface area contributed by atoms with Gasteiger partial charge in [0.05, 0.1) is 20.8 Å². The van der Waals surface area contributed by atoms with Crippen molar-refractivity contribution in [1.29, 1.82) is 0 Å². The molecule has 2 aromatic rings. The largest absolute Gasteiger partial charge is 0.497 e. The van der Waals surface area contributed by atoms with E-state index in [1.165, 1.54) is 5.56 Å². The molecular weight excluding hydrogens is 330 g/mol. The van der Waals surface area contributed by atoms with E-state index in [1.54, 1.807) is 14.2 Å². The molecule has 0 atom stereocenters. The predicted molar refractivity (Wildman–Crippen MR) is 102 cm³/mol. The van der Waals surface area contributed by atoms with Crippen LogP contribution in [0.3, 0.4) is 0 Å². The third kappa shape index (κ3) is 7.05. The summed E-state index contributed by atoms with van der Waals surface area (Å²) in [6.45, 7) is 1.19. The Bertz CT molecular complexity index is 670. The monoisotopic (exact) mass is 357 g/mol. The number of rotatable bonds is 11. The second kappa shape index (κ2) is 11.0. The van der Waals surface area contributed by atoms with Crippen molar-refractivity contribution in [3.8, 4) is 17.2 Å². The first-order chi connectivity index (χ1) is 12.7. The highest BCUT2D eigenvalue weighted by atomic mass is 16.5. The van der Waals surface area contributed by atoms with Crippen molar-refractivity contribution in [2.45, 2.75) is 25.7 Å². The standard InChI is InChI=1S/C21H27NO4/c1-24-18-10-12-19(13-11-18)26-15-5-9-21(23)22-14-4-7-17-6-3-8-20(16-17)25-2/h3,6,8,10-13,16H,4-5,7,9,14-15H2,1-2H3,(H,22,23). The van der Waals surface area contributed by atoms with Gasteiger partial charge in [-0.2, -0.15) is 0 Å². The zero-order valence-electron chi connectivity index (χ0n) is 15.5. The molecular formula is C21H27NO4. The Morgan fingerprint density at radius 3 is 2.38 bits per heavy atom. The molecule has 2 rings (SSSR count). The van der Waals surface area contributed by atoms with Crippen LogP contribution in [0.15, 0.2) is 48.5 Å². The summed E-state index contributed by atoms with van der Waals surface area (Å²) in [5.41, 5.74) is 1.21. The minimum atomic E-state index is 0.0639. The molecule has 26 heavy (non-hydrogen) atoms. The number of methoxy groups -OCH3 is 2. The first kappa shape index (κ1) is 19.6. The lowest BCUT2D eigenvalue weighted by atomic mass is 10.1. The lowest BCUT2D eigenvalue weighted by molar-refractivity contribution is -0.121. The van der Waals surface area contributed by atoms with Crippen molar-refractivity contribution < 1.29 is 19.0 Å². The molecule has 1 N–H and O–H groups in total. The lowest BCUT2D eigenvalue weighted by Gasteiger charge is -2.08. The van der Waals surface area contributed by atoms with Crippen molar-refractivity contribution in [3.63, 3.8) is 0 Å². The number of benzene rings is 2. The Hall–Kier alpha value is -2.69. The summed E-state index contributed by atoms with van der Waals surface area (Å²) in [4.78, 5) is 11.8. The maximum atomic E-state index is 11.8. The molecule has 2 aromatic carbocycles. The number of carbonyl (C=O) groups is 1. The average Bonchev–Trinajstić information content (AvgIpc) is 2.69. The van der Waals surface area contributed by atoms with Crippen LogP contribution in [0.25, 0.3) is 0 Å². The highest BCUT2D eigenvalue weighted by Crippen LogP contribution is 2.17. The van der Waals surface area contributed by atoms with Crippen molar-refractivity contribution in [2.24, 2.45) is 0 Å². The third-order valence-electron chi connectivity index (χ3n) is 3.97. The molecule has 5 heteroatoms. The van der Waals surface area contributed by atoms with Crippen molar-refractivity contribution in [3.05, 3.63) is 54.1 Å². The van der Waals surface area contributed by atoms with Crippen LogP contribution in [0.5, 0.6) is 17.2 Å². The molecule has 0 unspecified atom stereocenters. The van der Waals surface area contributed by atoms with Gasteiger partial charge in [-0.1, -0.05) is 12.1 Å². The molecule has 0 aliphatic carbocycles. The van der Waals surface area contributed by atoms with E-state index in [2.05, 4.69) is 11.4 Å². The number of hydrogen-bond donors (Lipinski definition) is 1. The van der Waals surface area contributed by atoms with Gasteiger partial charge in [0.15, 0.2) is 0 Å². The Kier molecular flexibility index (Phi) is 8.33. The molecule has 140 valence electrons. The van der Waals surface area contributed by atoms with Gasteiger partial charge >= 0.3 is 0 Å². The van der Waals surface area contributed by atoms with E-state index in [1.807, 2.05) is 42.5 Å². The smallest absolute Gasteiger partial charge is 0.220 e. The number of nitrogens with one attached hydrogen (secondary N) is 1. The van der Waals surface area contributed by atoms with Crippen LogP contribution in [0, 0.1) is 0 Å². The summed E-state index contributed by atoms with van der Waals surface area (Å²) >= 11 is 0. The van der Waals surface area contributed by atoms with Crippen LogP contribution < -0.4 is 19.5 Å². The normalized spacial score (nSPS) is 10.2. The van der Waals surface area contributed by atoms with Crippen molar-refractivity contribution in [2.75, 3.05) is 27.4 Å². The van der Waals surface area contributed by atoms with Crippen LogP contribution in [-0.2, 0) is 11.2 Å². The molecule has 1 amide bonds. The molecule has 0 bridgehead atoms. The van der Waals surface area contributed by atoms with E-state index in [4.69, 9.17) is 14.2 Å². The number of hydrogen-bond acceptors (Lipinski definition) is 4. The first-order valence-electron chi connectivity index (χ1n) is 8.88. The number of carbonyl (C=O) groups excluding carboxylic acids is 1. The van der Waals surface area contributed by atoms with Gasteiger partial charge < -0.3 is 19.5 Å². The summed E-state index contributed by atoms with van der Waals surface area (Å²) in [5.74, 6) is 2.51. The molecule has 0 saturated carbocycles. The fourth-order valence-electron chi connectivity index (χ4n) is 2.53. The van der Waals surface area contributed by atoms with Gasteiger partial charge in [0, 0.05) is 13.0 Å². The first-order valence-corrected chi connectivity index (χ1v) is 8.88. The maximum Gasteiger partial charge on any atom is 0.220 e. The van der Waals surface area contributed by atoms with Gasteiger partial charge in [-0.15, -0.1) is 0 Å². The van der Waals surface area contributed by atoms with Gasteiger partial charge in [-0.3, -0.25) is 4.79 Å². The van der Waals surface area contributed by atoms with E-state index in [-0.39, 0.29) is 5.91 Å². The fourth-order valence-corrected chi connectivity index (χ4v) is 2.53. The van der Waals surface area contributed by atoms with Crippen molar-refractivity contribution in [1.82, 2.24) is 5.32 Å². The van der Waals surface area contributed by atoms with Gasteiger partial charge in [0.25, 0.3) is 0 Å². The highest BCUT2D eigenvalue weighted by molar-refractivity contribution is 5.75. The quantitative estimate of drug-likeness (QED) is 0.624. The molecule has 0 heterocycles. The Balaban J connectivity index is 1.54. The lowest BCUT2D eigenvalue weighted by Crippen LogP contribution is -2.24. The second-order valence-corrected chi connectivity index (χ2v) is 5.93. The van der Waals surface area contributed by atoms with Gasteiger partial charge in [0.1, 0.15) is 17.2 Å². The third-order valence-corrected chi connectivity index (χ3v) is 3.97. The maximum absolute atomic E-state index is 11.8. The van der Waals surface area contributed by atoms with Crippen LogP contribution >= 0.6 is 0 Å². The Labute approximate surface area is 155 Å². The molecule has 0 aromatic heterocycles. The Morgan fingerprint density at radius 1 is 0.923 bits per heavy atom. The minimum absolute atomic E-state index is 0.0639. The SMILES string of the molecule is COc1ccc(OCCCC(=O)NCCCc2cccc(OC)c2)cc1. The minimum Gasteiger partial charge on any atom is -0.497 e. The van der Waals surface area contributed by atoms with Crippen LogP contribution in [0.4, 0.5) is 0 Å². The molecule has 5 nitrogen and oxygen atoms in total. The van der Waals surface area contributed by atoms with Gasteiger partial charge in [-0.25, -0.2) is 0 Å². The molecule has 0 spiro atoms. The summed E-state index contributed by atoms with van der Waals surface area (Å²) in [7, 11) is 3.29. The van der Waals surface area contributed by atoms with E-state index in [0.29, 0.717) is 26.0 Å². The van der Waals surface area contributed by atoms with Crippen LogP contribution in [0.2, 0.25) is 0 Å². The summed E-state index contributed by atoms with van der Waals surface area (Å²) in [6.07, 6.45) is 2.97. The highest BCUT2D eigenvalue weighted by Gasteiger charge is 2.02. The topological polar surface area (TPSA) is 56.8 Å².